The van der Waals surface area contributed by atoms with Crippen LogP contribution in [0.4, 0.5) is 4.79 Å². The van der Waals surface area contributed by atoms with Crippen molar-refractivity contribution in [3.05, 3.63) is 23.2 Å². The third-order valence-corrected chi connectivity index (χ3v) is 1.97. The Labute approximate surface area is 106 Å². The van der Waals surface area contributed by atoms with E-state index in [4.69, 9.17) is 16.3 Å². The molecule has 0 bridgehead atoms. The molecule has 0 saturated heterocycles. The van der Waals surface area contributed by atoms with Gasteiger partial charge in [-0.05, 0) is 26.8 Å². The molecule has 0 aliphatic heterocycles. The number of carbonyl (C=O) groups is 1. The summed E-state index contributed by atoms with van der Waals surface area (Å²) in [4.78, 5) is 21.1. The van der Waals surface area contributed by atoms with Gasteiger partial charge in [0.15, 0.2) is 0 Å². The third kappa shape index (κ3) is 4.99. The van der Waals surface area contributed by atoms with Gasteiger partial charge in [-0.2, -0.15) is 0 Å². The molecule has 1 aromatic heterocycles. The van der Waals surface area contributed by atoms with Gasteiger partial charge in [0, 0.05) is 13.2 Å². The van der Waals surface area contributed by atoms with E-state index in [1.165, 1.54) is 4.90 Å². The van der Waals surface area contributed by atoms with Crippen LogP contribution in [-0.2, 0) is 11.3 Å². The van der Waals surface area contributed by atoms with E-state index >= 15 is 0 Å². The normalized spacial score (nSPS) is 11.1. The average Bonchev–Trinajstić information content (AvgIpc) is 2.14. The predicted molar refractivity (Wildman–Crippen MR) is 64.7 cm³/mol. The van der Waals surface area contributed by atoms with Gasteiger partial charge in [0.2, 0.25) is 0 Å². The van der Waals surface area contributed by atoms with Gasteiger partial charge in [-0.1, -0.05) is 11.6 Å². The number of hydrogen-bond donors (Lipinski definition) is 0. The smallest absolute Gasteiger partial charge is 0.410 e. The minimum absolute atomic E-state index is 0.259. The van der Waals surface area contributed by atoms with Crippen LogP contribution >= 0.6 is 11.6 Å². The third-order valence-electron chi connectivity index (χ3n) is 1.76. The first-order valence-corrected chi connectivity index (χ1v) is 5.57. The van der Waals surface area contributed by atoms with Crippen LogP contribution in [0.5, 0.6) is 0 Å². The van der Waals surface area contributed by atoms with Crippen LogP contribution in [0.3, 0.4) is 0 Å². The maximum atomic E-state index is 11.7. The van der Waals surface area contributed by atoms with E-state index in [9.17, 15) is 4.79 Å². The molecule has 0 unspecified atom stereocenters. The molecule has 1 rings (SSSR count). The van der Waals surface area contributed by atoms with Crippen LogP contribution in [0.2, 0.25) is 5.15 Å². The van der Waals surface area contributed by atoms with E-state index in [2.05, 4.69) is 9.97 Å². The lowest BCUT2D eigenvalue weighted by Crippen LogP contribution is -2.34. The Morgan fingerprint density at radius 3 is 2.71 bits per heavy atom. The molecule has 0 aliphatic rings. The lowest BCUT2D eigenvalue weighted by atomic mass is 10.2. The van der Waals surface area contributed by atoms with Gasteiger partial charge in [0.1, 0.15) is 16.6 Å². The molecule has 0 aliphatic carbocycles. The molecule has 0 aromatic carbocycles. The summed E-state index contributed by atoms with van der Waals surface area (Å²) in [5.74, 6) is 0.478. The zero-order valence-corrected chi connectivity index (χ0v) is 11.2. The van der Waals surface area contributed by atoms with Crippen molar-refractivity contribution in [2.45, 2.75) is 32.9 Å². The van der Waals surface area contributed by atoms with Crippen LogP contribution in [0.1, 0.15) is 26.6 Å². The number of aromatic nitrogens is 2. The molecule has 0 atom stereocenters. The number of nitrogens with zero attached hydrogens (tertiary/aromatic N) is 3. The SMILES string of the molecule is CN(Cc1nccc(Cl)n1)C(=O)OC(C)(C)C. The van der Waals surface area contributed by atoms with Crippen molar-refractivity contribution >= 4 is 17.7 Å². The fourth-order valence-electron chi connectivity index (χ4n) is 1.07. The van der Waals surface area contributed by atoms with E-state index in [-0.39, 0.29) is 6.54 Å². The first kappa shape index (κ1) is 13.7. The number of amides is 1. The molecule has 0 spiro atoms. The number of hydrogen-bond acceptors (Lipinski definition) is 4. The molecule has 0 radical (unpaired) electrons. The van der Waals surface area contributed by atoms with Crippen LogP contribution in [-0.4, -0.2) is 33.6 Å². The van der Waals surface area contributed by atoms with Crippen molar-refractivity contribution in [1.82, 2.24) is 14.9 Å². The van der Waals surface area contributed by atoms with E-state index in [0.29, 0.717) is 11.0 Å². The summed E-state index contributed by atoms with van der Waals surface area (Å²) < 4.78 is 5.20. The summed E-state index contributed by atoms with van der Waals surface area (Å²) in [5, 5.41) is 0.354. The monoisotopic (exact) mass is 257 g/mol. The second kappa shape index (κ2) is 5.31. The van der Waals surface area contributed by atoms with Gasteiger partial charge >= 0.3 is 6.09 Å². The van der Waals surface area contributed by atoms with Gasteiger partial charge in [-0.15, -0.1) is 0 Å². The lowest BCUT2D eigenvalue weighted by Gasteiger charge is -2.24. The van der Waals surface area contributed by atoms with Crippen molar-refractivity contribution < 1.29 is 9.53 Å². The molecule has 5 nitrogen and oxygen atoms in total. The molecule has 6 heteroatoms. The zero-order chi connectivity index (χ0) is 13.1. The van der Waals surface area contributed by atoms with Crippen LogP contribution < -0.4 is 0 Å². The molecule has 0 saturated carbocycles. The molecular formula is C11H16ClN3O2. The fourth-order valence-corrected chi connectivity index (χ4v) is 1.22. The Bertz CT molecular complexity index is 404. The van der Waals surface area contributed by atoms with Gasteiger partial charge < -0.3 is 9.64 Å². The molecule has 0 fully saturated rings. The van der Waals surface area contributed by atoms with Crippen molar-refractivity contribution in [2.24, 2.45) is 0 Å². The minimum Gasteiger partial charge on any atom is -0.444 e. The Balaban J connectivity index is 2.60. The summed E-state index contributed by atoms with van der Waals surface area (Å²) in [6, 6.07) is 1.58. The van der Waals surface area contributed by atoms with Gasteiger partial charge in [0.25, 0.3) is 0 Å². The Kier molecular flexibility index (Phi) is 4.28. The van der Waals surface area contributed by atoms with Crippen molar-refractivity contribution in [1.29, 1.82) is 0 Å². The number of ether oxygens (including phenoxy) is 1. The number of halogens is 1. The van der Waals surface area contributed by atoms with Crippen LogP contribution in [0.15, 0.2) is 12.3 Å². The lowest BCUT2D eigenvalue weighted by molar-refractivity contribution is 0.0281. The van der Waals surface area contributed by atoms with Gasteiger partial charge in [-0.25, -0.2) is 14.8 Å². The molecule has 17 heavy (non-hydrogen) atoms. The van der Waals surface area contributed by atoms with E-state index in [1.807, 2.05) is 20.8 Å². The topological polar surface area (TPSA) is 55.3 Å². The molecule has 1 aromatic rings. The van der Waals surface area contributed by atoms with E-state index < -0.39 is 11.7 Å². The maximum absolute atomic E-state index is 11.7. The van der Waals surface area contributed by atoms with Crippen LogP contribution in [0, 0.1) is 0 Å². The van der Waals surface area contributed by atoms with Crippen LogP contribution in [0.25, 0.3) is 0 Å². The highest BCUT2D eigenvalue weighted by molar-refractivity contribution is 6.29. The van der Waals surface area contributed by atoms with E-state index in [0.717, 1.165) is 0 Å². The Hall–Kier alpha value is -1.36. The van der Waals surface area contributed by atoms with Crippen molar-refractivity contribution in [3.63, 3.8) is 0 Å². The fraction of sp³-hybridized carbons (Fsp3) is 0.545. The molecular weight excluding hydrogens is 242 g/mol. The predicted octanol–water partition coefficient (Wildman–Crippen LogP) is 2.50. The molecule has 1 heterocycles. The first-order valence-electron chi connectivity index (χ1n) is 5.19. The quantitative estimate of drug-likeness (QED) is 0.764. The average molecular weight is 258 g/mol. The summed E-state index contributed by atoms with van der Waals surface area (Å²) in [6.07, 6.45) is 1.13. The molecule has 94 valence electrons. The second-order valence-electron chi connectivity index (χ2n) is 4.63. The highest BCUT2D eigenvalue weighted by Crippen LogP contribution is 2.10. The highest BCUT2D eigenvalue weighted by atomic mass is 35.5. The van der Waals surface area contributed by atoms with Crippen molar-refractivity contribution in [3.8, 4) is 0 Å². The summed E-state index contributed by atoms with van der Waals surface area (Å²) >= 11 is 5.73. The maximum Gasteiger partial charge on any atom is 0.410 e. The zero-order valence-electron chi connectivity index (χ0n) is 10.4. The largest absolute Gasteiger partial charge is 0.444 e. The summed E-state index contributed by atoms with van der Waals surface area (Å²) in [5.41, 5.74) is -0.513. The minimum atomic E-state index is -0.513. The first-order chi connectivity index (χ1) is 7.78. The van der Waals surface area contributed by atoms with Gasteiger partial charge in [-0.3, -0.25) is 0 Å². The Morgan fingerprint density at radius 1 is 1.53 bits per heavy atom. The van der Waals surface area contributed by atoms with Crippen molar-refractivity contribution in [2.75, 3.05) is 7.05 Å². The molecule has 0 N–H and O–H groups in total. The summed E-state index contributed by atoms with van der Waals surface area (Å²) in [6.45, 7) is 5.70. The highest BCUT2D eigenvalue weighted by Gasteiger charge is 2.20. The molecule has 1 amide bonds. The second-order valence-corrected chi connectivity index (χ2v) is 5.02. The van der Waals surface area contributed by atoms with Gasteiger partial charge in [0.05, 0.1) is 6.54 Å². The summed E-state index contributed by atoms with van der Waals surface area (Å²) in [7, 11) is 1.62. The number of rotatable bonds is 2. The standard InChI is InChI=1S/C11H16ClN3O2/c1-11(2,3)17-10(16)15(4)7-9-13-6-5-8(12)14-9/h5-6H,7H2,1-4H3. The Morgan fingerprint density at radius 2 is 2.18 bits per heavy atom. The number of carbonyl (C=O) groups excluding carboxylic acids is 1. The van der Waals surface area contributed by atoms with E-state index in [1.54, 1.807) is 19.3 Å².